The number of allylic oxidation sites excluding steroid dienone is 2. The van der Waals surface area contributed by atoms with Gasteiger partial charge in [0.25, 0.3) is 0 Å². The van der Waals surface area contributed by atoms with Crippen LogP contribution in [0.15, 0.2) is 30.4 Å². The number of anilines is 1. The molecule has 0 aromatic heterocycles. The minimum atomic E-state index is -0.160. The van der Waals surface area contributed by atoms with E-state index in [0.717, 1.165) is 0 Å². The fourth-order valence-corrected chi connectivity index (χ4v) is 7.12. The number of benzene rings is 1. The molecule has 1 saturated heterocycles. The number of carbonyl (C=O) groups is 3. The second kappa shape index (κ2) is 7.08. The van der Waals surface area contributed by atoms with Gasteiger partial charge in [0, 0.05) is 12.0 Å². The van der Waals surface area contributed by atoms with E-state index in [-0.39, 0.29) is 53.4 Å². The Kier molecular flexibility index (Phi) is 4.52. The summed E-state index contributed by atoms with van der Waals surface area (Å²) in [4.78, 5) is 40.9. The largest absolute Gasteiger partial charge is 0.324 e. The Morgan fingerprint density at radius 3 is 2.16 bits per heavy atom. The van der Waals surface area contributed by atoms with Gasteiger partial charge in [-0.05, 0) is 67.9 Å². The molecule has 2 bridgehead atoms. The summed E-state index contributed by atoms with van der Waals surface area (Å²) in [7, 11) is 0. The number of hydrogen-bond acceptors (Lipinski definition) is 3. The number of rotatable bonds is 3. The Hall–Kier alpha value is -1.85. The van der Waals surface area contributed by atoms with Crippen molar-refractivity contribution >= 4 is 46.6 Å². The maximum Gasteiger partial charge on any atom is 0.233 e. The second-order valence-electron chi connectivity index (χ2n) is 9.80. The van der Waals surface area contributed by atoms with Crippen molar-refractivity contribution in [1.82, 2.24) is 4.90 Å². The lowest BCUT2D eigenvalue weighted by molar-refractivity contribution is -0.144. The van der Waals surface area contributed by atoms with Gasteiger partial charge in [0.05, 0.1) is 27.6 Å². The van der Waals surface area contributed by atoms with E-state index in [2.05, 4.69) is 17.5 Å². The van der Waals surface area contributed by atoms with E-state index in [4.69, 9.17) is 23.2 Å². The molecular weight excluding hydrogens is 435 g/mol. The standard InChI is InChI=1S/C24H24Cl2N2O3/c25-17-2-1-3-18(21(17)26)27-22(29)11-4-6-12(7-5-11)28-23(30)19-13-8-9-14(16-10-15(13)16)20(19)24(28)31/h1-3,8-9,11-16,19-20H,4-7,10H2,(H,27,29)/t11?,12?,13-,14-,15-,16-,19-,20+/m0/s1. The molecular formula is C24H24Cl2N2O3. The maximum atomic E-state index is 13.3. The highest BCUT2D eigenvalue weighted by Gasteiger charge is 2.67. The third-order valence-electron chi connectivity index (χ3n) is 8.34. The summed E-state index contributed by atoms with van der Waals surface area (Å²) in [6, 6.07) is 5.07. The molecule has 7 heteroatoms. The summed E-state index contributed by atoms with van der Waals surface area (Å²) in [5.41, 5.74) is 0.511. The van der Waals surface area contributed by atoms with Gasteiger partial charge in [0.2, 0.25) is 17.7 Å². The molecule has 1 aromatic carbocycles. The van der Waals surface area contributed by atoms with Crippen molar-refractivity contribution in [2.24, 2.45) is 41.4 Å². The monoisotopic (exact) mass is 458 g/mol. The van der Waals surface area contributed by atoms with Crippen LogP contribution in [0.3, 0.4) is 0 Å². The van der Waals surface area contributed by atoms with Crippen LogP contribution in [0.4, 0.5) is 5.69 Å². The van der Waals surface area contributed by atoms with E-state index >= 15 is 0 Å². The first kappa shape index (κ1) is 19.8. The first-order chi connectivity index (χ1) is 15.0. The number of nitrogens with one attached hydrogen (secondary N) is 1. The highest BCUT2D eigenvalue weighted by Crippen LogP contribution is 2.65. The van der Waals surface area contributed by atoms with Gasteiger partial charge in [-0.2, -0.15) is 0 Å². The molecule has 0 spiro atoms. The van der Waals surface area contributed by atoms with Crippen molar-refractivity contribution in [2.45, 2.75) is 38.1 Å². The van der Waals surface area contributed by atoms with Crippen molar-refractivity contribution in [2.75, 3.05) is 5.32 Å². The molecule has 0 unspecified atom stereocenters. The maximum absolute atomic E-state index is 13.3. The number of halogens is 2. The quantitative estimate of drug-likeness (QED) is 0.533. The molecule has 6 aliphatic rings. The number of carbonyl (C=O) groups excluding carboxylic acids is 3. The van der Waals surface area contributed by atoms with E-state index in [1.165, 1.54) is 6.42 Å². The summed E-state index contributed by atoms with van der Waals surface area (Å²) < 4.78 is 0. The summed E-state index contributed by atoms with van der Waals surface area (Å²) >= 11 is 12.2. The number of imide groups is 1. The molecule has 1 N–H and O–H groups in total. The summed E-state index contributed by atoms with van der Waals surface area (Å²) in [6.07, 6.45) is 8.23. The predicted molar refractivity (Wildman–Crippen MR) is 117 cm³/mol. The van der Waals surface area contributed by atoms with Crippen molar-refractivity contribution in [3.63, 3.8) is 0 Å². The predicted octanol–water partition coefficient (Wildman–Crippen LogP) is 4.54. The number of nitrogens with zero attached hydrogens (tertiary/aromatic N) is 1. The Labute approximate surface area is 191 Å². The van der Waals surface area contributed by atoms with Crippen molar-refractivity contribution in [3.05, 3.63) is 40.4 Å². The van der Waals surface area contributed by atoms with Gasteiger partial charge in [-0.25, -0.2) is 0 Å². The minimum absolute atomic E-state index is 0.0401. The van der Waals surface area contributed by atoms with E-state index in [1.807, 2.05) is 0 Å². The molecule has 162 valence electrons. The Balaban J connectivity index is 1.12. The average Bonchev–Trinajstić information content (AvgIpc) is 3.55. The van der Waals surface area contributed by atoms with Gasteiger partial charge < -0.3 is 5.32 Å². The first-order valence-corrected chi connectivity index (χ1v) is 12.0. The van der Waals surface area contributed by atoms with Gasteiger partial charge in [0.1, 0.15) is 0 Å². The van der Waals surface area contributed by atoms with Crippen LogP contribution in [0.2, 0.25) is 10.0 Å². The molecule has 4 fully saturated rings. The summed E-state index contributed by atoms with van der Waals surface area (Å²) in [5, 5.41) is 3.62. The Bertz CT molecular complexity index is 980. The van der Waals surface area contributed by atoms with E-state index in [1.54, 1.807) is 23.1 Å². The summed E-state index contributed by atoms with van der Waals surface area (Å²) in [6.45, 7) is 0. The Morgan fingerprint density at radius 1 is 0.935 bits per heavy atom. The van der Waals surface area contributed by atoms with E-state index < -0.39 is 0 Å². The fourth-order valence-electron chi connectivity index (χ4n) is 6.77. The fraction of sp³-hybridized carbons (Fsp3) is 0.542. The average molecular weight is 459 g/mol. The highest BCUT2D eigenvalue weighted by molar-refractivity contribution is 6.44. The zero-order valence-electron chi connectivity index (χ0n) is 17.0. The molecule has 3 saturated carbocycles. The van der Waals surface area contributed by atoms with Gasteiger partial charge in [-0.1, -0.05) is 41.4 Å². The van der Waals surface area contributed by atoms with Crippen LogP contribution in [0, 0.1) is 41.4 Å². The number of likely N-dealkylation sites (tertiary alicyclic amines) is 1. The zero-order chi connectivity index (χ0) is 21.4. The van der Waals surface area contributed by atoms with Gasteiger partial charge in [-0.15, -0.1) is 0 Å². The molecule has 3 amide bonds. The van der Waals surface area contributed by atoms with Crippen molar-refractivity contribution in [1.29, 1.82) is 0 Å². The van der Waals surface area contributed by atoms with Crippen molar-refractivity contribution < 1.29 is 14.4 Å². The molecule has 1 aliphatic heterocycles. The zero-order valence-corrected chi connectivity index (χ0v) is 18.5. The second-order valence-corrected chi connectivity index (χ2v) is 10.6. The SMILES string of the molecule is O=C(Nc1cccc(Cl)c1Cl)C1CCC(N2C(=O)[C@@H]3[C@H]4C=C[C@@H]([C@@H]5C[C@@H]45)[C@@H]3C2=O)CC1. The topological polar surface area (TPSA) is 66.5 Å². The lowest BCUT2D eigenvalue weighted by Crippen LogP contribution is -2.44. The van der Waals surface area contributed by atoms with Crippen LogP contribution in [-0.4, -0.2) is 28.7 Å². The third kappa shape index (κ3) is 2.92. The highest BCUT2D eigenvalue weighted by atomic mass is 35.5. The number of amides is 3. The lowest BCUT2D eigenvalue weighted by Gasteiger charge is -2.37. The smallest absolute Gasteiger partial charge is 0.233 e. The van der Waals surface area contributed by atoms with Gasteiger partial charge in [0.15, 0.2) is 0 Å². The van der Waals surface area contributed by atoms with E-state index in [9.17, 15) is 14.4 Å². The molecule has 6 atom stereocenters. The van der Waals surface area contributed by atoms with Gasteiger partial charge in [-0.3, -0.25) is 19.3 Å². The van der Waals surface area contributed by atoms with Crippen LogP contribution in [0.1, 0.15) is 32.1 Å². The molecule has 31 heavy (non-hydrogen) atoms. The molecule has 5 aliphatic carbocycles. The normalized spacial score (nSPS) is 40.0. The van der Waals surface area contributed by atoms with Crippen LogP contribution >= 0.6 is 23.2 Å². The number of hydrogen-bond donors (Lipinski definition) is 1. The van der Waals surface area contributed by atoms with E-state index in [0.29, 0.717) is 53.3 Å². The Morgan fingerprint density at radius 2 is 1.55 bits per heavy atom. The van der Waals surface area contributed by atoms with Crippen LogP contribution in [0.25, 0.3) is 0 Å². The molecule has 0 radical (unpaired) electrons. The summed E-state index contributed by atoms with van der Waals surface area (Å²) in [5.74, 6) is 1.30. The molecule has 1 heterocycles. The first-order valence-electron chi connectivity index (χ1n) is 11.3. The van der Waals surface area contributed by atoms with Crippen molar-refractivity contribution in [3.8, 4) is 0 Å². The third-order valence-corrected chi connectivity index (χ3v) is 9.16. The van der Waals surface area contributed by atoms with Crippen LogP contribution < -0.4 is 5.32 Å². The molecule has 1 aromatic rings. The molecule has 5 nitrogen and oxygen atoms in total. The van der Waals surface area contributed by atoms with Gasteiger partial charge >= 0.3 is 0 Å². The van der Waals surface area contributed by atoms with Crippen LogP contribution in [-0.2, 0) is 14.4 Å². The van der Waals surface area contributed by atoms with Crippen LogP contribution in [0.5, 0.6) is 0 Å². The minimum Gasteiger partial charge on any atom is -0.324 e. The lowest BCUT2D eigenvalue weighted by atomic mass is 9.63. The molecule has 7 rings (SSSR count).